The average Bonchev–Trinajstić information content (AvgIpc) is 2.15. The average molecular weight is 186 g/mol. The van der Waals surface area contributed by atoms with Crippen molar-refractivity contribution in [3.8, 4) is 0 Å². The molecule has 13 heavy (non-hydrogen) atoms. The topological polar surface area (TPSA) is 41.6 Å². The van der Waals surface area contributed by atoms with Crippen LogP contribution in [0.4, 0.5) is 0 Å². The van der Waals surface area contributed by atoms with E-state index in [2.05, 4.69) is 12.2 Å². The number of amides is 1. The highest BCUT2D eigenvalue weighted by Gasteiger charge is 2.17. The summed E-state index contributed by atoms with van der Waals surface area (Å²) in [6, 6.07) is 0. The molecule has 4 heteroatoms. The number of nitrogens with one attached hydrogen (secondary N) is 1. The van der Waals surface area contributed by atoms with Gasteiger partial charge < -0.3 is 15.0 Å². The van der Waals surface area contributed by atoms with Gasteiger partial charge in [0, 0.05) is 13.1 Å². The number of hydrogen-bond acceptors (Lipinski definition) is 3. The molecule has 1 fully saturated rings. The summed E-state index contributed by atoms with van der Waals surface area (Å²) in [5.41, 5.74) is 0. The van der Waals surface area contributed by atoms with Crippen LogP contribution in [0.25, 0.3) is 0 Å². The Kier molecular flexibility index (Phi) is 4.78. The zero-order chi connectivity index (χ0) is 9.52. The lowest BCUT2D eigenvalue weighted by molar-refractivity contribution is -0.142. The molecular weight excluding hydrogens is 168 g/mol. The summed E-state index contributed by atoms with van der Waals surface area (Å²) in [7, 11) is 0. The van der Waals surface area contributed by atoms with Crippen molar-refractivity contribution in [1.82, 2.24) is 10.2 Å². The summed E-state index contributed by atoms with van der Waals surface area (Å²) in [5, 5.41) is 3.23. The molecule has 0 aromatic carbocycles. The molecule has 1 amide bonds. The van der Waals surface area contributed by atoms with Gasteiger partial charge in [-0.2, -0.15) is 0 Å². The highest BCUT2D eigenvalue weighted by molar-refractivity contribution is 5.77. The van der Waals surface area contributed by atoms with Gasteiger partial charge in [0.2, 0.25) is 5.91 Å². The van der Waals surface area contributed by atoms with Gasteiger partial charge >= 0.3 is 0 Å². The number of carbonyl (C=O) groups excluding carboxylic acids is 1. The summed E-state index contributed by atoms with van der Waals surface area (Å²) in [6.45, 7) is 6.63. The summed E-state index contributed by atoms with van der Waals surface area (Å²) >= 11 is 0. The lowest BCUT2D eigenvalue weighted by Crippen LogP contribution is -2.42. The van der Waals surface area contributed by atoms with E-state index in [1.54, 1.807) is 0 Å². The summed E-state index contributed by atoms with van der Waals surface area (Å²) < 4.78 is 5.03. The van der Waals surface area contributed by atoms with Gasteiger partial charge in [-0.3, -0.25) is 4.79 Å². The molecule has 1 aliphatic heterocycles. The van der Waals surface area contributed by atoms with Crippen molar-refractivity contribution in [3.63, 3.8) is 0 Å². The zero-order valence-electron chi connectivity index (χ0n) is 8.21. The van der Waals surface area contributed by atoms with Crippen molar-refractivity contribution >= 4 is 5.91 Å². The molecule has 1 heterocycles. The highest BCUT2D eigenvalue weighted by atomic mass is 16.5. The van der Waals surface area contributed by atoms with Crippen molar-refractivity contribution in [1.29, 1.82) is 0 Å². The Labute approximate surface area is 79.2 Å². The Hall–Kier alpha value is -0.610. The maximum absolute atomic E-state index is 11.2. The maximum atomic E-state index is 11.2. The second-order valence-electron chi connectivity index (χ2n) is 3.14. The molecule has 1 saturated heterocycles. The molecule has 76 valence electrons. The van der Waals surface area contributed by atoms with Gasteiger partial charge in [-0.1, -0.05) is 6.92 Å². The predicted molar refractivity (Wildman–Crippen MR) is 50.6 cm³/mol. The molecule has 1 aliphatic rings. The first kappa shape index (κ1) is 10.5. The first-order valence-corrected chi connectivity index (χ1v) is 4.91. The van der Waals surface area contributed by atoms with Gasteiger partial charge in [0.05, 0.1) is 6.61 Å². The van der Waals surface area contributed by atoms with Gasteiger partial charge in [0.15, 0.2) is 0 Å². The second-order valence-corrected chi connectivity index (χ2v) is 3.14. The van der Waals surface area contributed by atoms with Gasteiger partial charge in [-0.05, 0) is 19.5 Å². The fourth-order valence-electron chi connectivity index (χ4n) is 1.36. The van der Waals surface area contributed by atoms with E-state index in [-0.39, 0.29) is 12.5 Å². The molecule has 0 bridgehead atoms. The molecule has 0 aromatic heterocycles. The maximum Gasteiger partial charge on any atom is 0.248 e. The number of nitrogens with zero attached hydrogens (tertiary/aromatic N) is 1. The molecule has 0 aliphatic carbocycles. The SMILES string of the molecule is CCNCCCN1CCOCC1=O. The van der Waals surface area contributed by atoms with Crippen LogP contribution in [0.5, 0.6) is 0 Å². The first-order valence-electron chi connectivity index (χ1n) is 4.91. The highest BCUT2D eigenvalue weighted by Crippen LogP contribution is 1.99. The second kappa shape index (κ2) is 5.94. The molecule has 1 N–H and O–H groups in total. The van der Waals surface area contributed by atoms with Crippen molar-refractivity contribution in [2.45, 2.75) is 13.3 Å². The third-order valence-corrected chi connectivity index (χ3v) is 2.12. The van der Waals surface area contributed by atoms with E-state index in [4.69, 9.17) is 4.74 Å². The minimum atomic E-state index is 0.128. The van der Waals surface area contributed by atoms with Crippen molar-refractivity contribution in [2.24, 2.45) is 0 Å². The molecular formula is C9H18N2O2. The van der Waals surface area contributed by atoms with Crippen molar-refractivity contribution < 1.29 is 9.53 Å². The molecule has 0 saturated carbocycles. The lowest BCUT2D eigenvalue weighted by Gasteiger charge is -2.26. The van der Waals surface area contributed by atoms with Crippen LogP contribution in [0.15, 0.2) is 0 Å². The zero-order valence-corrected chi connectivity index (χ0v) is 8.21. The standard InChI is InChI=1S/C9H18N2O2/c1-2-10-4-3-5-11-6-7-13-8-9(11)12/h10H,2-8H2,1H3. The number of ether oxygens (including phenoxy) is 1. The molecule has 0 radical (unpaired) electrons. The number of morpholine rings is 1. The van der Waals surface area contributed by atoms with E-state index in [0.717, 1.165) is 32.6 Å². The van der Waals surface area contributed by atoms with Crippen LogP contribution in [-0.4, -0.2) is 50.2 Å². The van der Waals surface area contributed by atoms with Crippen LogP contribution < -0.4 is 5.32 Å². The molecule has 0 atom stereocenters. The van der Waals surface area contributed by atoms with E-state index in [9.17, 15) is 4.79 Å². The van der Waals surface area contributed by atoms with Crippen LogP contribution in [0.3, 0.4) is 0 Å². The van der Waals surface area contributed by atoms with Crippen LogP contribution in [0, 0.1) is 0 Å². The summed E-state index contributed by atoms with van der Waals surface area (Å²) in [4.78, 5) is 13.1. The predicted octanol–water partition coefficient (Wildman–Crippen LogP) is -0.155. The number of hydrogen-bond donors (Lipinski definition) is 1. The minimum absolute atomic E-state index is 0.128. The first-order chi connectivity index (χ1) is 6.34. The van der Waals surface area contributed by atoms with Crippen molar-refractivity contribution in [2.75, 3.05) is 39.4 Å². The lowest BCUT2D eigenvalue weighted by atomic mass is 10.3. The van der Waals surface area contributed by atoms with Gasteiger partial charge in [0.1, 0.15) is 6.61 Å². The molecule has 0 spiro atoms. The fourth-order valence-corrected chi connectivity index (χ4v) is 1.36. The normalized spacial score (nSPS) is 17.9. The van der Waals surface area contributed by atoms with E-state index in [0.29, 0.717) is 6.61 Å². The van der Waals surface area contributed by atoms with E-state index in [1.165, 1.54) is 0 Å². The Morgan fingerprint density at radius 1 is 1.62 bits per heavy atom. The van der Waals surface area contributed by atoms with E-state index < -0.39 is 0 Å². The third-order valence-electron chi connectivity index (χ3n) is 2.12. The van der Waals surface area contributed by atoms with Gasteiger partial charge in [0.25, 0.3) is 0 Å². The molecule has 1 rings (SSSR count). The van der Waals surface area contributed by atoms with Gasteiger partial charge in [-0.25, -0.2) is 0 Å². The van der Waals surface area contributed by atoms with Crippen LogP contribution in [-0.2, 0) is 9.53 Å². The number of carbonyl (C=O) groups is 1. The quantitative estimate of drug-likeness (QED) is 0.607. The van der Waals surface area contributed by atoms with E-state index in [1.807, 2.05) is 4.90 Å². The molecule has 0 unspecified atom stereocenters. The van der Waals surface area contributed by atoms with Crippen molar-refractivity contribution in [3.05, 3.63) is 0 Å². The minimum Gasteiger partial charge on any atom is -0.370 e. The molecule has 0 aromatic rings. The van der Waals surface area contributed by atoms with Crippen LogP contribution in [0.1, 0.15) is 13.3 Å². The Morgan fingerprint density at radius 3 is 3.15 bits per heavy atom. The monoisotopic (exact) mass is 186 g/mol. The van der Waals surface area contributed by atoms with Gasteiger partial charge in [-0.15, -0.1) is 0 Å². The Balaban J connectivity index is 2.08. The van der Waals surface area contributed by atoms with Crippen LogP contribution in [0.2, 0.25) is 0 Å². The smallest absolute Gasteiger partial charge is 0.248 e. The molecule has 4 nitrogen and oxygen atoms in total. The number of rotatable bonds is 5. The Bertz CT molecular complexity index is 162. The Morgan fingerprint density at radius 2 is 2.46 bits per heavy atom. The summed E-state index contributed by atoms with van der Waals surface area (Å²) in [6.07, 6.45) is 1.03. The third kappa shape index (κ3) is 3.74. The fraction of sp³-hybridized carbons (Fsp3) is 0.889. The van der Waals surface area contributed by atoms with E-state index >= 15 is 0 Å². The largest absolute Gasteiger partial charge is 0.370 e. The van der Waals surface area contributed by atoms with Crippen LogP contribution >= 0.6 is 0 Å². The summed E-state index contributed by atoms with van der Waals surface area (Å²) in [5.74, 6) is 0.128.